The quantitative estimate of drug-likeness (QED) is 0.733. The second-order valence-corrected chi connectivity index (χ2v) is 4.46. The van der Waals surface area contributed by atoms with Crippen LogP contribution in [-0.2, 0) is 17.6 Å². The third-order valence-electron chi connectivity index (χ3n) is 3.24. The Morgan fingerprint density at radius 2 is 2.05 bits per heavy atom. The number of carbonyl (C=O) groups is 2. The Morgan fingerprint density at radius 1 is 1.36 bits per heavy atom. The van der Waals surface area contributed by atoms with Crippen LogP contribution >= 0.6 is 12.4 Å². The average molecular weight is 329 g/mol. The van der Waals surface area contributed by atoms with E-state index in [1.807, 2.05) is 13.8 Å². The first-order chi connectivity index (χ1) is 10.0. The fourth-order valence-corrected chi connectivity index (χ4v) is 2.35. The van der Waals surface area contributed by atoms with Gasteiger partial charge in [-0.1, -0.05) is 13.8 Å². The summed E-state index contributed by atoms with van der Waals surface area (Å²) in [4.78, 5) is 39.2. The van der Waals surface area contributed by atoms with Crippen LogP contribution in [0.4, 0.5) is 0 Å². The number of halogens is 1. The topological polar surface area (TPSA) is 117 Å². The fraction of sp³-hybridized carbons (Fsp3) is 0.385. The number of aromatic nitrogens is 3. The van der Waals surface area contributed by atoms with E-state index in [0.29, 0.717) is 18.4 Å². The van der Waals surface area contributed by atoms with Crippen molar-refractivity contribution in [2.75, 3.05) is 6.54 Å². The van der Waals surface area contributed by atoms with E-state index >= 15 is 0 Å². The molecule has 2 rings (SSSR count). The summed E-state index contributed by atoms with van der Waals surface area (Å²) in [5, 5.41) is 13.7. The van der Waals surface area contributed by atoms with Gasteiger partial charge in [-0.05, 0) is 12.8 Å². The maximum absolute atomic E-state index is 12.5. The number of rotatable bonds is 5. The standard InChI is InChI=1S/C13H16N4O4.ClH/c1-3-7-8(4-2)17-12(15-6-16-17)10(11(7)20)13(21)14-5-9(18)19;/h6H,3-5H2,1-2H3,(H,14,21)(H,15,16)(H,18,19);1H. The van der Waals surface area contributed by atoms with Gasteiger partial charge in [-0.25, -0.2) is 9.50 Å². The van der Waals surface area contributed by atoms with E-state index in [9.17, 15) is 14.4 Å². The summed E-state index contributed by atoms with van der Waals surface area (Å²) in [7, 11) is 0. The largest absolute Gasteiger partial charge is 0.480 e. The highest BCUT2D eigenvalue weighted by Gasteiger charge is 2.22. The number of H-pyrrole nitrogens is 1. The Labute approximate surface area is 131 Å². The normalized spacial score (nSPS) is 10.3. The van der Waals surface area contributed by atoms with Gasteiger partial charge in [0.1, 0.15) is 18.4 Å². The van der Waals surface area contributed by atoms with Crippen molar-refractivity contribution in [2.45, 2.75) is 26.7 Å². The Hall–Kier alpha value is -2.35. The Morgan fingerprint density at radius 3 is 2.59 bits per heavy atom. The molecule has 2 aromatic rings. The van der Waals surface area contributed by atoms with Gasteiger partial charge in [-0.3, -0.25) is 19.5 Å². The number of aliphatic carboxylic acids is 1. The van der Waals surface area contributed by atoms with Crippen LogP contribution in [0.2, 0.25) is 0 Å². The number of nitrogens with zero attached hydrogens (tertiary/aromatic N) is 2. The molecule has 9 heteroatoms. The lowest BCUT2D eigenvalue weighted by molar-refractivity contribution is -0.135. The second kappa shape index (κ2) is 7.08. The van der Waals surface area contributed by atoms with Crippen molar-refractivity contribution in [3.8, 4) is 0 Å². The smallest absolute Gasteiger partial charge is 0.322 e. The number of aryl methyl sites for hydroxylation is 1. The number of hydrogen-bond donors (Lipinski definition) is 3. The zero-order valence-corrected chi connectivity index (χ0v) is 13.0. The molecule has 0 saturated carbocycles. The van der Waals surface area contributed by atoms with Gasteiger partial charge in [0.15, 0.2) is 11.1 Å². The molecule has 0 radical (unpaired) electrons. The Bertz CT molecular complexity index is 765. The van der Waals surface area contributed by atoms with Crippen LogP contribution in [0.15, 0.2) is 11.1 Å². The van der Waals surface area contributed by atoms with Gasteiger partial charge in [-0.2, -0.15) is 0 Å². The van der Waals surface area contributed by atoms with E-state index < -0.39 is 23.9 Å². The monoisotopic (exact) mass is 328 g/mol. The Balaban J connectivity index is 0.00000242. The first-order valence-electron chi connectivity index (χ1n) is 6.61. The van der Waals surface area contributed by atoms with Crippen LogP contribution in [-0.4, -0.2) is 38.1 Å². The SMILES string of the molecule is CCc1c(CC)n2[nH]cnc2c(C(=O)NCC(=O)O)c1=O.Cl. The molecule has 0 spiro atoms. The molecule has 1 amide bonds. The molecule has 22 heavy (non-hydrogen) atoms. The van der Waals surface area contributed by atoms with E-state index in [-0.39, 0.29) is 23.6 Å². The minimum absolute atomic E-state index is 0. The van der Waals surface area contributed by atoms with Crippen molar-refractivity contribution in [3.63, 3.8) is 0 Å². The van der Waals surface area contributed by atoms with Gasteiger partial charge < -0.3 is 10.4 Å². The summed E-state index contributed by atoms with van der Waals surface area (Å²) in [6.07, 6.45) is 2.48. The Kier molecular flexibility index (Phi) is 5.69. The van der Waals surface area contributed by atoms with Crippen molar-refractivity contribution < 1.29 is 14.7 Å². The number of carbonyl (C=O) groups excluding carboxylic acids is 1. The van der Waals surface area contributed by atoms with Crippen LogP contribution in [0.25, 0.3) is 5.65 Å². The second-order valence-electron chi connectivity index (χ2n) is 4.46. The molecular formula is C13H17ClN4O4. The lowest BCUT2D eigenvalue weighted by atomic mass is 10.0. The van der Waals surface area contributed by atoms with Crippen LogP contribution in [0.1, 0.15) is 35.5 Å². The van der Waals surface area contributed by atoms with Crippen LogP contribution in [0, 0.1) is 0 Å². The van der Waals surface area contributed by atoms with Gasteiger partial charge in [0.2, 0.25) is 0 Å². The van der Waals surface area contributed by atoms with Gasteiger partial charge in [0.05, 0.1) is 0 Å². The van der Waals surface area contributed by atoms with Gasteiger partial charge >= 0.3 is 5.97 Å². The lowest BCUT2D eigenvalue weighted by Crippen LogP contribution is -2.35. The van der Waals surface area contributed by atoms with E-state index in [2.05, 4.69) is 15.4 Å². The first-order valence-corrected chi connectivity index (χ1v) is 6.61. The molecule has 3 N–H and O–H groups in total. The summed E-state index contributed by atoms with van der Waals surface area (Å²) in [5.41, 5.74) is 0.970. The summed E-state index contributed by atoms with van der Waals surface area (Å²) >= 11 is 0. The molecule has 2 heterocycles. The van der Waals surface area contributed by atoms with Gasteiger partial charge in [0, 0.05) is 11.3 Å². The third kappa shape index (κ3) is 2.96. The third-order valence-corrected chi connectivity index (χ3v) is 3.24. The van der Waals surface area contributed by atoms with Gasteiger partial charge in [-0.15, -0.1) is 12.4 Å². The van der Waals surface area contributed by atoms with Crippen molar-refractivity contribution in [2.24, 2.45) is 0 Å². The molecule has 0 fully saturated rings. The number of pyridine rings is 1. The predicted octanol–water partition coefficient (Wildman–Crippen LogP) is 0.384. The molecule has 0 aliphatic carbocycles. The zero-order chi connectivity index (χ0) is 15.6. The van der Waals surface area contributed by atoms with Crippen molar-refractivity contribution in [1.82, 2.24) is 19.9 Å². The number of hydrogen-bond acceptors (Lipinski definition) is 4. The first kappa shape index (κ1) is 17.7. The van der Waals surface area contributed by atoms with Crippen LogP contribution in [0.3, 0.4) is 0 Å². The summed E-state index contributed by atoms with van der Waals surface area (Å²) < 4.78 is 1.59. The lowest BCUT2D eigenvalue weighted by Gasteiger charge is -2.11. The highest BCUT2D eigenvalue weighted by molar-refractivity contribution is 6.01. The maximum atomic E-state index is 12.5. The molecule has 0 aromatic carbocycles. The maximum Gasteiger partial charge on any atom is 0.322 e. The van der Waals surface area contributed by atoms with Crippen molar-refractivity contribution >= 4 is 29.9 Å². The minimum Gasteiger partial charge on any atom is -0.480 e. The average Bonchev–Trinajstić information content (AvgIpc) is 2.91. The molecule has 0 aliphatic heterocycles. The molecule has 0 saturated heterocycles. The van der Waals surface area contributed by atoms with Crippen LogP contribution in [0.5, 0.6) is 0 Å². The molecular weight excluding hydrogens is 312 g/mol. The molecule has 0 aliphatic rings. The van der Waals surface area contributed by atoms with Gasteiger partial charge in [0.25, 0.3) is 5.91 Å². The van der Waals surface area contributed by atoms with Crippen molar-refractivity contribution in [1.29, 1.82) is 0 Å². The minimum atomic E-state index is -1.18. The van der Waals surface area contributed by atoms with E-state index in [1.165, 1.54) is 6.33 Å². The fourth-order valence-electron chi connectivity index (χ4n) is 2.35. The van der Waals surface area contributed by atoms with Crippen molar-refractivity contribution in [3.05, 3.63) is 33.4 Å². The number of nitrogens with one attached hydrogen (secondary N) is 2. The highest BCUT2D eigenvalue weighted by atomic mass is 35.5. The highest BCUT2D eigenvalue weighted by Crippen LogP contribution is 2.12. The molecule has 0 bridgehead atoms. The summed E-state index contributed by atoms with van der Waals surface area (Å²) in [6.45, 7) is 3.19. The predicted molar refractivity (Wildman–Crippen MR) is 81.8 cm³/mol. The van der Waals surface area contributed by atoms with E-state index in [0.717, 1.165) is 5.69 Å². The van der Waals surface area contributed by atoms with Crippen LogP contribution < -0.4 is 10.7 Å². The number of fused-ring (bicyclic) bond motifs is 1. The molecule has 2 aromatic heterocycles. The summed E-state index contributed by atoms with van der Waals surface area (Å²) in [5.74, 6) is -1.91. The number of aromatic amines is 1. The molecule has 120 valence electrons. The van der Waals surface area contributed by atoms with E-state index in [4.69, 9.17) is 5.11 Å². The molecule has 8 nitrogen and oxygen atoms in total. The number of amides is 1. The summed E-state index contributed by atoms with van der Waals surface area (Å²) in [6, 6.07) is 0. The number of carboxylic acid groups (broad SMARTS) is 1. The molecule has 0 atom stereocenters. The number of carboxylic acids is 1. The molecule has 0 unspecified atom stereocenters. The zero-order valence-electron chi connectivity index (χ0n) is 12.2. The van der Waals surface area contributed by atoms with E-state index in [1.54, 1.807) is 4.52 Å².